The molecule has 0 bridgehead atoms. The molecule has 4 rings (SSSR count). The number of hydrogen-bond donors (Lipinski definition) is 1. The molecule has 0 fully saturated rings. The lowest BCUT2D eigenvalue weighted by molar-refractivity contribution is -0.133. The van der Waals surface area contributed by atoms with Gasteiger partial charge in [-0.05, 0) is 70.4 Å². The first-order valence-electron chi connectivity index (χ1n) is 8.41. The average molecular weight is 468 g/mol. The predicted molar refractivity (Wildman–Crippen MR) is 107 cm³/mol. The van der Waals surface area contributed by atoms with E-state index in [1.807, 2.05) is 10.6 Å². The summed E-state index contributed by atoms with van der Waals surface area (Å²) in [7, 11) is 0. The van der Waals surface area contributed by atoms with Gasteiger partial charge in [0.15, 0.2) is 5.16 Å². The van der Waals surface area contributed by atoms with E-state index in [2.05, 4.69) is 26.1 Å². The third-order valence-electron chi connectivity index (χ3n) is 4.41. The summed E-state index contributed by atoms with van der Waals surface area (Å²) in [6.07, 6.45) is 4.09. The number of benzene rings is 1. The van der Waals surface area contributed by atoms with Crippen molar-refractivity contribution in [3.05, 3.63) is 45.9 Å². The Labute approximate surface area is 171 Å². The number of rotatable bonds is 5. The summed E-state index contributed by atoms with van der Waals surface area (Å²) in [5, 5.41) is 18.7. The van der Waals surface area contributed by atoms with E-state index in [4.69, 9.17) is 5.11 Å². The van der Waals surface area contributed by atoms with Crippen molar-refractivity contribution in [1.82, 2.24) is 14.8 Å². The summed E-state index contributed by atoms with van der Waals surface area (Å²) < 4.78 is 16.2. The zero-order chi connectivity index (χ0) is 19.0. The average Bonchev–Trinajstić information content (AvgIpc) is 3.20. The topological polar surface area (TPSA) is 68.0 Å². The molecule has 1 aliphatic rings. The Morgan fingerprint density at radius 2 is 2.07 bits per heavy atom. The summed E-state index contributed by atoms with van der Waals surface area (Å²) in [5.74, 6) is -1.25. The number of thioether (sulfide) groups is 1. The van der Waals surface area contributed by atoms with Crippen LogP contribution in [0.1, 0.15) is 24.0 Å². The van der Waals surface area contributed by atoms with Gasteiger partial charge in [0.05, 0.1) is 5.75 Å². The number of thiophene rings is 1. The molecule has 0 unspecified atom stereocenters. The first kappa shape index (κ1) is 18.6. The second-order valence-electron chi connectivity index (χ2n) is 6.18. The Bertz CT molecular complexity index is 1020. The van der Waals surface area contributed by atoms with Crippen LogP contribution in [-0.2, 0) is 17.6 Å². The van der Waals surface area contributed by atoms with E-state index >= 15 is 0 Å². The Morgan fingerprint density at radius 1 is 1.30 bits per heavy atom. The van der Waals surface area contributed by atoms with Crippen molar-refractivity contribution in [2.75, 3.05) is 5.75 Å². The van der Waals surface area contributed by atoms with Crippen LogP contribution in [0.4, 0.5) is 4.39 Å². The fourth-order valence-corrected chi connectivity index (χ4v) is 6.07. The molecule has 0 spiro atoms. The first-order valence-corrected chi connectivity index (χ1v) is 11.0. The number of fused-ring (bicyclic) bond motifs is 1. The number of nitrogens with zero attached hydrogens (tertiary/aromatic N) is 3. The van der Waals surface area contributed by atoms with Gasteiger partial charge in [-0.2, -0.15) is 0 Å². The van der Waals surface area contributed by atoms with Crippen LogP contribution in [0, 0.1) is 5.82 Å². The van der Waals surface area contributed by atoms with Gasteiger partial charge in [0.2, 0.25) is 4.73 Å². The molecular weight excluding hydrogens is 453 g/mol. The molecular formula is C18H15BrFN3O2S2. The number of carbonyl (C=O) groups is 1. The largest absolute Gasteiger partial charge is 0.481 e. The molecule has 1 aliphatic carbocycles. The van der Waals surface area contributed by atoms with Crippen molar-refractivity contribution in [2.45, 2.75) is 30.8 Å². The Kier molecular flexibility index (Phi) is 5.34. The summed E-state index contributed by atoms with van der Waals surface area (Å²) in [5.41, 5.74) is 3.35. The van der Waals surface area contributed by atoms with E-state index in [1.54, 1.807) is 23.5 Å². The van der Waals surface area contributed by atoms with Gasteiger partial charge in [-0.25, -0.2) is 4.39 Å². The number of carboxylic acid groups (broad SMARTS) is 1. The van der Waals surface area contributed by atoms with Gasteiger partial charge in [-0.3, -0.25) is 9.36 Å². The summed E-state index contributed by atoms with van der Waals surface area (Å²) in [6.45, 7) is 0. The van der Waals surface area contributed by atoms with Crippen LogP contribution in [-0.4, -0.2) is 31.6 Å². The van der Waals surface area contributed by atoms with Crippen LogP contribution in [0.25, 0.3) is 15.4 Å². The molecule has 0 radical (unpaired) electrons. The van der Waals surface area contributed by atoms with Crippen LogP contribution < -0.4 is 0 Å². The van der Waals surface area contributed by atoms with Crippen molar-refractivity contribution in [1.29, 1.82) is 0 Å². The zero-order valence-electron chi connectivity index (χ0n) is 14.1. The molecule has 3 aromatic rings. The quantitative estimate of drug-likeness (QED) is 0.537. The molecule has 140 valence electrons. The first-order chi connectivity index (χ1) is 13.0. The fourth-order valence-electron chi connectivity index (χ4n) is 3.30. The molecule has 0 atom stereocenters. The lowest BCUT2D eigenvalue weighted by Crippen LogP contribution is -2.06. The molecule has 2 aromatic heterocycles. The maximum atomic E-state index is 13.8. The highest BCUT2D eigenvalue weighted by atomic mass is 79.9. The molecule has 27 heavy (non-hydrogen) atoms. The molecule has 1 aromatic carbocycles. The number of aliphatic carboxylic acids is 1. The summed E-state index contributed by atoms with van der Waals surface area (Å²) >= 11 is 6.16. The van der Waals surface area contributed by atoms with E-state index in [0.717, 1.165) is 52.9 Å². The maximum Gasteiger partial charge on any atom is 0.313 e. The molecule has 0 aliphatic heterocycles. The van der Waals surface area contributed by atoms with E-state index in [9.17, 15) is 9.18 Å². The third-order valence-corrected chi connectivity index (χ3v) is 7.14. The SMILES string of the molecule is O=C(O)CSc1nnc(Br)n1-c1sc(-c2cccc(F)c2)c2c1CCCC2. The highest BCUT2D eigenvalue weighted by molar-refractivity contribution is 9.10. The number of hydrogen-bond acceptors (Lipinski definition) is 5. The second-order valence-corrected chi connectivity index (χ2v) is 8.83. The number of halogens is 2. The van der Waals surface area contributed by atoms with E-state index in [1.165, 1.54) is 17.2 Å². The van der Waals surface area contributed by atoms with Gasteiger partial charge in [0.25, 0.3) is 0 Å². The Hall–Kier alpha value is -1.71. The van der Waals surface area contributed by atoms with Crippen molar-refractivity contribution < 1.29 is 14.3 Å². The van der Waals surface area contributed by atoms with Crippen LogP contribution in [0.15, 0.2) is 34.2 Å². The molecule has 2 heterocycles. The van der Waals surface area contributed by atoms with Crippen molar-refractivity contribution in [3.8, 4) is 15.4 Å². The standard InChI is InChI=1S/C18H15BrFN3O2S2/c19-17-21-22-18(26-9-14(24)25)23(17)16-13-7-2-1-6-12(13)15(27-16)10-4-3-5-11(20)8-10/h3-5,8H,1-2,6-7,9H2,(H,24,25). The smallest absolute Gasteiger partial charge is 0.313 e. The van der Waals surface area contributed by atoms with Gasteiger partial charge in [-0.15, -0.1) is 21.5 Å². The zero-order valence-corrected chi connectivity index (χ0v) is 17.3. The van der Waals surface area contributed by atoms with Gasteiger partial charge >= 0.3 is 5.97 Å². The lowest BCUT2D eigenvalue weighted by Gasteiger charge is -2.15. The molecule has 0 saturated heterocycles. The van der Waals surface area contributed by atoms with Crippen LogP contribution in [0.3, 0.4) is 0 Å². The van der Waals surface area contributed by atoms with E-state index in [0.29, 0.717) is 9.89 Å². The molecule has 5 nitrogen and oxygen atoms in total. The molecule has 9 heteroatoms. The minimum absolute atomic E-state index is 0.0878. The number of carboxylic acids is 1. The highest BCUT2D eigenvalue weighted by Gasteiger charge is 2.26. The highest BCUT2D eigenvalue weighted by Crippen LogP contribution is 2.44. The van der Waals surface area contributed by atoms with Crippen LogP contribution in [0.2, 0.25) is 0 Å². The third kappa shape index (κ3) is 3.68. The van der Waals surface area contributed by atoms with E-state index in [-0.39, 0.29) is 11.6 Å². The summed E-state index contributed by atoms with van der Waals surface area (Å²) in [6, 6.07) is 6.66. The monoisotopic (exact) mass is 467 g/mol. The Balaban J connectivity index is 1.85. The van der Waals surface area contributed by atoms with Gasteiger partial charge in [0, 0.05) is 4.88 Å². The molecule has 0 amide bonds. The van der Waals surface area contributed by atoms with Crippen LogP contribution >= 0.6 is 39.0 Å². The predicted octanol–water partition coefficient (Wildman–Crippen LogP) is 4.95. The molecule has 1 N–H and O–H groups in total. The second kappa shape index (κ2) is 7.73. The van der Waals surface area contributed by atoms with Gasteiger partial charge < -0.3 is 5.11 Å². The molecule has 0 saturated carbocycles. The van der Waals surface area contributed by atoms with Crippen molar-refractivity contribution >= 4 is 45.0 Å². The van der Waals surface area contributed by atoms with Gasteiger partial charge in [-0.1, -0.05) is 23.9 Å². The summed E-state index contributed by atoms with van der Waals surface area (Å²) in [4.78, 5) is 12.0. The van der Waals surface area contributed by atoms with E-state index < -0.39 is 5.97 Å². The van der Waals surface area contributed by atoms with Crippen LogP contribution in [0.5, 0.6) is 0 Å². The maximum absolute atomic E-state index is 13.8. The van der Waals surface area contributed by atoms with Gasteiger partial charge in [0.1, 0.15) is 10.8 Å². The minimum Gasteiger partial charge on any atom is -0.481 e. The van der Waals surface area contributed by atoms with Crippen molar-refractivity contribution in [2.24, 2.45) is 0 Å². The Morgan fingerprint density at radius 3 is 2.81 bits per heavy atom. The lowest BCUT2D eigenvalue weighted by atomic mass is 9.91. The fraction of sp³-hybridized carbons (Fsp3) is 0.278. The minimum atomic E-state index is -0.903. The normalized spacial score (nSPS) is 13.6. The van der Waals surface area contributed by atoms with Crippen molar-refractivity contribution in [3.63, 3.8) is 0 Å². The number of aromatic nitrogens is 3.